The highest BCUT2D eigenvalue weighted by atomic mass is 16.5. The number of ether oxygens (including phenoxy) is 1. The number of nitrogens with one attached hydrogen (secondary N) is 2. The molecule has 1 aliphatic heterocycles. The number of benzene rings is 2. The van der Waals surface area contributed by atoms with Crippen molar-refractivity contribution in [3.8, 4) is 5.75 Å². The third-order valence-corrected chi connectivity index (χ3v) is 4.98. The van der Waals surface area contributed by atoms with E-state index in [9.17, 15) is 4.79 Å². The summed E-state index contributed by atoms with van der Waals surface area (Å²) < 4.78 is 5.18. The zero-order valence-electron chi connectivity index (χ0n) is 17.3. The monoisotopic (exact) mass is 394 g/mol. The first-order valence-electron chi connectivity index (χ1n) is 10.2. The van der Waals surface area contributed by atoms with Gasteiger partial charge in [-0.15, -0.1) is 0 Å². The molecule has 0 saturated carbocycles. The van der Waals surface area contributed by atoms with Gasteiger partial charge in [0.15, 0.2) is 5.96 Å². The summed E-state index contributed by atoms with van der Waals surface area (Å²) in [7, 11) is 1.66. The standard InChI is InChI=1S/C23H30N4O2/c1-3-24-23(26-15-18-10-12-21(29-2)13-11-18)25-14-6-9-22(28)27-16-19-7-4-5-8-20(19)17-27/h4-5,7-8,10-13H,3,6,9,14-17H2,1-2H3,(H2,24,25,26). The Morgan fingerprint density at radius 3 is 2.38 bits per heavy atom. The zero-order chi connectivity index (χ0) is 20.5. The molecule has 0 spiro atoms. The van der Waals surface area contributed by atoms with E-state index in [0.717, 1.165) is 43.3 Å². The van der Waals surface area contributed by atoms with E-state index >= 15 is 0 Å². The van der Waals surface area contributed by atoms with Crippen LogP contribution >= 0.6 is 0 Å². The minimum Gasteiger partial charge on any atom is -0.497 e. The van der Waals surface area contributed by atoms with Gasteiger partial charge in [0.1, 0.15) is 5.75 Å². The summed E-state index contributed by atoms with van der Waals surface area (Å²) in [4.78, 5) is 19.0. The predicted octanol–water partition coefficient (Wildman–Crippen LogP) is 3.07. The minimum atomic E-state index is 0.211. The largest absolute Gasteiger partial charge is 0.497 e. The maximum absolute atomic E-state index is 12.5. The molecule has 0 atom stereocenters. The average molecular weight is 395 g/mol. The maximum atomic E-state index is 12.5. The highest BCUT2D eigenvalue weighted by molar-refractivity contribution is 5.80. The molecule has 6 nitrogen and oxygen atoms in total. The molecule has 0 aromatic heterocycles. The van der Waals surface area contributed by atoms with Gasteiger partial charge >= 0.3 is 0 Å². The lowest BCUT2D eigenvalue weighted by molar-refractivity contribution is -0.131. The Morgan fingerprint density at radius 2 is 1.76 bits per heavy atom. The zero-order valence-corrected chi connectivity index (χ0v) is 17.3. The van der Waals surface area contributed by atoms with Crippen molar-refractivity contribution in [2.45, 2.75) is 39.4 Å². The number of hydrogen-bond acceptors (Lipinski definition) is 3. The number of fused-ring (bicyclic) bond motifs is 1. The summed E-state index contributed by atoms with van der Waals surface area (Å²) >= 11 is 0. The minimum absolute atomic E-state index is 0.211. The summed E-state index contributed by atoms with van der Waals surface area (Å²) in [5.41, 5.74) is 3.64. The highest BCUT2D eigenvalue weighted by Crippen LogP contribution is 2.22. The van der Waals surface area contributed by atoms with Gasteiger partial charge in [-0.05, 0) is 42.2 Å². The molecule has 0 aliphatic carbocycles. The average Bonchev–Trinajstić information content (AvgIpc) is 3.19. The van der Waals surface area contributed by atoms with E-state index in [1.54, 1.807) is 7.11 Å². The summed E-state index contributed by atoms with van der Waals surface area (Å²) in [6, 6.07) is 16.2. The number of carbonyl (C=O) groups excluding carboxylic acids is 1. The maximum Gasteiger partial charge on any atom is 0.223 e. The van der Waals surface area contributed by atoms with Gasteiger partial charge in [-0.3, -0.25) is 4.79 Å². The Bertz CT molecular complexity index is 808. The third kappa shape index (κ3) is 5.98. The molecule has 154 valence electrons. The first kappa shape index (κ1) is 20.7. The molecule has 0 radical (unpaired) electrons. The van der Waals surface area contributed by atoms with Crippen LogP contribution in [-0.4, -0.2) is 37.0 Å². The van der Waals surface area contributed by atoms with Crippen molar-refractivity contribution in [1.82, 2.24) is 15.5 Å². The van der Waals surface area contributed by atoms with Gasteiger partial charge in [-0.25, -0.2) is 4.99 Å². The topological polar surface area (TPSA) is 66.0 Å². The molecule has 0 fully saturated rings. The summed E-state index contributed by atoms with van der Waals surface area (Å²) in [6.07, 6.45) is 1.32. The molecule has 29 heavy (non-hydrogen) atoms. The third-order valence-electron chi connectivity index (χ3n) is 4.98. The van der Waals surface area contributed by atoms with Crippen molar-refractivity contribution < 1.29 is 9.53 Å². The fraction of sp³-hybridized carbons (Fsp3) is 0.391. The van der Waals surface area contributed by atoms with Gasteiger partial charge in [-0.1, -0.05) is 36.4 Å². The second-order valence-corrected chi connectivity index (χ2v) is 7.09. The van der Waals surface area contributed by atoms with Crippen LogP contribution in [0, 0.1) is 0 Å². The quantitative estimate of drug-likeness (QED) is 0.410. The predicted molar refractivity (Wildman–Crippen MR) is 116 cm³/mol. The van der Waals surface area contributed by atoms with E-state index in [0.29, 0.717) is 19.5 Å². The number of amides is 1. The number of nitrogens with zero attached hydrogens (tertiary/aromatic N) is 2. The molecule has 3 rings (SSSR count). The molecule has 1 amide bonds. The lowest BCUT2D eigenvalue weighted by Gasteiger charge is -2.16. The van der Waals surface area contributed by atoms with Crippen LogP contribution in [0.25, 0.3) is 0 Å². The molecule has 6 heteroatoms. The van der Waals surface area contributed by atoms with E-state index in [-0.39, 0.29) is 5.91 Å². The number of guanidine groups is 1. The summed E-state index contributed by atoms with van der Waals surface area (Å²) in [5.74, 6) is 1.82. The van der Waals surface area contributed by atoms with E-state index < -0.39 is 0 Å². The fourth-order valence-corrected chi connectivity index (χ4v) is 3.36. The molecule has 2 aromatic carbocycles. The van der Waals surface area contributed by atoms with Gasteiger partial charge in [0.2, 0.25) is 5.91 Å². The number of rotatable bonds is 8. The van der Waals surface area contributed by atoms with Crippen LogP contribution in [0.4, 0.5) is 0 Å². The molecular formula is C23H30N4O2. The first-order chi connectivity index (χ1) is 14.2. The highest BCUT2D eigenvalue weighted by Gasteiger charge is 2.22. The van der Waals surface area contributed by atoms with E-state index in [2.05, 4.69) is 27.8 Å². The first-order valence-corrected chi connectivity index (χ1v) is 10.2. The second kappa shape index (κ2) is 10.5. The van der Waals surface area contributed by atoms with Crippen LogP contribution in [0.15, 0.2) is 53.5 Å². The van der Waals surface area contributed by atoms with E-state index in [1.807, 2.05) is 48.2 Å². The van der Waals surface area contributed by atoms with Crippen LogP contribution in [0.2, 0.25) is 0 Å². The molecule has 1 aliphatic rings. The number of hydrogen-bond donors (Lipinski definition) is 2. The van der Waals surface area contributed by atoms with Gasteiger partial charge in [0, 0.05) is 32.6 Å². The lowest BCUT2D eigenvalue weighted by atomic mass is 10.1. The normalized spacial score (nSPS) is 13.2. The van der Waals surface area contributed by atoms with E-state index in [4.69, 9.17) is 4.74 Å². The van der Waals surface area contributed by atoms with Crippen molar-refractivity contribution in [2.75, 3.05) is 20.2 Å². The fourth-order valence-electron chi connectivity index (χ4n) is 3.36. The number of methoxy groups -OCH3 is 1. The van der Waals surface area contributed by atoms with Crippen LogP contribution in [0.1, 0.15) is 36.5 Å². The lowest BCUT2D eigenvalue weighted by Crippen LogP contribution is -2.38. The Hall–Kier alpha value is -3.02. The molecule has 0 saturated heterocycles. The molecule has 0 unspecified atom stereocenters. The van der Waals surface area contributed by atoms with E-state index in [1.165, 1.54) is 11.1 Å². The Balaban J connectivity index is 1.41. The number of aliphatic imine (C=N–C) groups is 1. The second-order valence-electron chi connectivity index (χ2n) is 7.09. The van der Waals surface area contributed by atoms with Crippen molar-refractivity contribution >= 4 is 11.9 Å². The molecule has 1 heterocycles. The van der Waals surface area contributed by atoms with Crippen molar-refractivity contribution in [1.29, 1.82) is 0 Å². The Kier molecular flexibility index (Phi) is 7.50. The Morgan fingerprint density at radius 1 is 1.07 bits per heavy atom. The smallest absolute Gasteiger partial charge is 0.223 e. The molecule has 0 bridgehead atoms. The van der Waals surface area contributed by atoms with Gasteiger partial charge in [-0.2, -0.15) is 0 Å². The van der Waals surface area contributed by atoms with Crippen LogP contribution in [0.3, 0.4) is 0 Å². The molecule has 2 N–H and O–H groups in total. The SMILES string of the molecule is CCNC(=NCc1ccc(OC)cc1)NCCCC(=O)N1Cc2ccccc2C1. The van der Waals surface area contributed by atoms with Crippen LogP contribution in [-0.2, 0) is 24.4 Å². The Labute approximate surface area is 173 Å². The van der Waals surface area contributed by atoms with Gasteiger partial charge in [0.05, 0.1) is 13.7 Å². The van der Waals surface area contributed by atoms with Crippen molar-refractivity contribution in [3.63, 3.8) is 0 Å². The number of carbonyl (C=O) groups is 1. The van der Waals surface area contributed by atoms with Crippen LogP contribution < -0.4 is 15.4 Å². The summed E-state index contributed by atoms with van der Waals surface area (Å²) in [6.45, 7) is 5.59. The van der Waals surface area contributed by atoms with Gasteiger partial charge < -0.3 is 20.3 Å². The van der Waals surface area contributed by atoms with Crippen molar-refractivity contribution in [3.05, 3.63) is 65.2 Å². The van der Waals surface area contributed by atoms with Crippen LogP contribution in [0.5, 0.6) is 5.75 Å². The summed E-state index contributed by atoms with van der Waals surface area (Å²) in [5, 5.41) is 6.57. The van der Waals surface area contributed by atoms with Gasteiger partial charge in [0.25, 0.3) is 0 Å². The van der Waals surface area contributed by atoms with Crippen molar-refractivity contribution in [2.24, 2.45) is 4.99 Å². The molecule has 2 aromatic rings. The molecular weight excluding hydrogens is 364 g/mol.